The summed E-state index contributed by atoms with van der Waals surface area (Å²) in [7, 11) is -4.04. The molecule has 0 bridgehead atoms. The third-order valence-electron chi connectivity index (χ3n) is 6.20. The van der Waals surface area contributed by atoms with E-state index in [0.717, 1.165) is 12.8 Å². The number of nitrogens with two attached hydrogens (primary N) is 1. The maximum atomic E-state index is 13.0. The van der Waals surface area contributed by atoms with Crippen molar-refractivity contribution in [2.75, 3.05) is 12.3 Å². The summed E-state index contributed by atoms with van der Waals surface area (Å²) in [5, 5.41) is 19.7. The van der Waals surface area contributed by atoms with Crippen LogP contribution in [-0.4, -0.2) is 62.4 Å². The Bertz CT molecular complexity index is 1460. The lowest BCUT2D eigenvalue weighted by atomic mass is 9.95. The summed E-state index contributed by atoms with van der Waals surface area (Å²) < 4.78 is 35.6. The summed E-state index contributed by atoms with van der Waals surface area (Å²) in [4.78, 5) is 34.6. The Morgan fingerprint density at radius 2 is 2.00 bits per heavy atom. The van der Waals surface area contributed by atoms with Crippen LogP contribution in [0.25, 0.3) is 11.2 Å². The molecule has 214 valence electrons. The highest BCUT2D eigenvalue weighted by Crippen LogP contribution is 2.21. The molecule has 0 aliphatic rings. The van der Waals surface area contributed by atoms with Crippen molar-refractivity contribution in [3.05, 3.63) is 40.3 Å². The fourth-order valence-corrected chi connectivity index (χ4v) is 5.52. The van der Waals surface area contributed by atoms with Gasteiger partial charge < -0.3 is 25.7 Å². The third kappa shape index (κ3) is 8.00. The highest BCUT2D eigenvalue weighted by Gasteiger charge is 2.31. The highest BCUT2D eigenvalue weighted by atomic mass is 32.2. The molecule has 13 nitrogen and oxygen atoms in total. The lowest BCUT2D eigenvalue weighted by Gasteiger charge is -2.30. The van der Waals surface area contributed by atoms with Crippen LogP contribution < -0.4 is 20.9 Å². The van der Waals surface area contributed by atoms with Gasteiger partial charge in [-0.25, -0.2) is 17.9 Å². The van der Waals surface area contributed by atoms with E-state index in [1.807, 2.05) is 6.92 Å². The molecule has 0 aliphatic carbocycles. The molecule has 0 saturated heterocycles. The first-order chi connectivity index (χ1) is 18.3. The van der Waals surface area contributed by atoms with Crippen LogP contribution in [0.3, 0.4) is 0 Å². The number of sulfonamides is 1. The number of nitrogens with zero attached hydrogens (tertiary/aromatic N) is 3. The van der Waals surface area contributed by atoms with E-state index >= 15 is 0 Å². The van der Waals surface area contributed by atoms with Gasteiger partial charge in [-0.3, -0.25) is 9.36 Å². The number of nitrogens with one attached hydrogen (secondary N) is 2. The lowest BCUT2D eigenvalue weighted by molar-refractivity contribution is -0.136. The number of aromatic nitrogens is 4. The SMILES string of the molecule is CCCCOc1nc(N)c2[nH]c(=O)n(CCCCC(NS(=O)(=O)c3cccc(CC(=O)O)c3)C(C)(C)O)c2n1. The van der Waals surface area contributed by atoms with Crippen LogP contribution in [0.5, 0.6) is 6.01 Å². The van der Waals surface area contributed by atoms with Crippen molar-refractivity contribution in [2.24, 2.45) is 0 Å². The normalized spacial score (nSPS) is 13.0. The van der Waals surface area contributed by atoms with Crippen molar-refractivity contribution in [1.29, 1.82) is 0 Å². The summed E-state index contributed by atoms with van der Waals surface area (Å²) in [6.07, 6.45) is 2.67. The molecule has 0 radical (unpaired) electrons. The van der Waals surface area contributed by atoms with E-state index in [-0.39, 0.29) is 36.1 Å². The molecule has 2 heterocycles. The van der Waals surface area contributed by atoms with Gasteiger partial charge in [0.15, 0.2) is 11.5 Å². The van der Waals surface area contributed by atoms with Crippen LogP contribution in [0.4, 0.5) is 5.82 Å². The van der Waals surface area contributed by atoms with Gasteiger partial charge in [0, 0.05) is 6.54 Å². The van der Waals surface area contributed by atoms with Crippen molar-refractivity contribution in [3.63, 3.8) is 0 Å². The molecule has 14 heteroatoms. The molecule has 1 atom stereocenters. The number of rotatable bonds is 15. The van der Waals surface area contributed by atoms with Crippen molar-refractivity contribution in [2.45, 2.75) is 82.4 Å². The fraction of sp³-hybridized carbons (Fsp3) is 0.520. The highest BCUT2D eigenvalue weighted by molar-refractivity contribution is 7.89. The molecular weight excluding hydrogens is 528 g/mol. The number of hydrogen-bond acceptors (Lipinski definition) is 9. The molecule has 0 aliphatic heterocycles. The second-order valence-corrected chi connectivity index (χ2v) is 11.6. The predicted molar refractivity (Wildman–Crippen MR) is 145 cm³/mol. The minimum atomic E-state index is -4.04. The standard InChI is InChI=1S/C25H36N6O7S/c1-4-5-13-38-23-28-21(26)20-22(29-23)31(24(34)27-20)12-7-6-11-18(25(2,3)35)30-39(36,37)17-10-8-9-16(14-17)15-19(32)33/h8-10,14,18,30,35H,4-7,11-13,15H2,1-3H3,(H,27,34)(H,32,33)(H2,26,28,29). The molecule has 1 aromatic carbocycles. The number of carboxylic acids is 1. The van der Waals surface area contributed by atoms with E-state index < -0.39 is 33.3 Å². The number of benzene rings is 1. The van der Waals surface area contributed by atoms with Gasteiger partial charge >= 0.3 is 17.7 Å². The van der Waals surface area contributed by atoms with Gasteiger partial charge in [0.25, 0.3) is 0 Å². The second kappa shape index (κ2) is 12.6. The monoisotopic (exact) mass is 564 g/mol. The smallest absolute Gasteiger partial charge is 0.327 e. The number of aromatic amines is 1. The molecule has 0 fully saturated rings. The Morgan fingerprint density at radius 1 is 1.26 bits per heavy atom. The average Bonchev–Trinajstić information content (AvgIpc) is 3.16. The van der Waals surface area contributed by atoms with E-state index in [1.54, 1.807) is 0 Å². The number of carboxylic acid groups (broad SMARTS) is 1. The molecule has 0 spiro atoms. The molecule has 3 aromatic rings. The first-order valence-electron chi connectivity index (χ1n) is 12.8. The molecule has 3 rings (SSSR count). The van der Waals surface area contributed by atoms with E-state index in [1.165, 1.54) is 42.7 Å². The van der Waals surface area contributed by atoms with E-state index in [9.17, 15) is 23.1 Å². The number of imidazole rings is 1. The Labute approximate surface area is 226 Å². The maximum absolute atomic E-state index is 13.0. The Kier molecular flexibility index (Phi) is 9.69. The number of H-pyrrole nitrogens is 1. The van der Waals surface area contributed by atoms with Gasteiger partial charge in [0.05, 0.1) is 29.6 Å². The van der Waals surface area contributed by atoms with Crippen LogP contribution in [-0.2, 0) is 27.8 Å². The molecule has 1 unspecified atom stereocenters. The number of carbonyl (C=O) groups is 1. The number of unbranched alkanes of at least 4 members (excludes halogenated alkanes) is 2. The topological polar surface area (TPSA) is 203 Å². The molecule has 6 N–H and O–H groups in total. The fourth-order valence-electron chi connectivity index (χ4n) is 4.04. The number of aliphatic carboxylic acids is 1. The van der Waals surface area contributed by atoms with Crippen molar-refractivity contribution in [1.82, 2.24) is 24.2 Å². The molecule has 2 aromatic heterocycles. The van der Waals surface area contributed by atoms with Gasteiger partial charge in [-0.15, -0.1) is 0 Å². The zero-order valence-electron chi connectivity index (χ0n) is 22.3. The van der Waals surface area contributed by atoms with Crippen LogP contribution in [0.1, 0.15) is 58.4 Å². The largest absolute Gasteiger partial charge is 0.481 e. The predicted octanol–water partition coefficient (Wildman–Crippen LogP) is 1.80. The summed E-state index contributed by atoms with van der Waals surface area (Å²) in [5.74, 6) is -0.971. The molecule has 39 heavy (non-hydrogen) atoms. The average molecular weight is 565 g/mol. The Balaban J connectivity index is 1.70. The first kappa shape index (κ1) is 30.1. The minimum Gasteiger partial charge on any atom is -0.481 e. The minimum absolute atomic E-state index is 0.0879. The maximum Gasteiger partial charge on any atom is 0.327 e. The van der Waals surface area contributed by atoms with E-state index in [0.29, 0.717) is 36.2 Å². The number of ether oxygens (including phenoxy) is 1. The van der Waals surface area contributed by atoms with Crippen LogP contribution in [0.2, 0.25) is 0 Å². The summed E-state index contributed by atoms with van der Waals surface area (Å²) in [5.41, 5.74) is 5.17. The number of aryl methyl sites for hydroxylation is 1. The van der Waals surface area contributed by atoms with Crippen molar-refractivity contribution >= 4 is 33.0 Å². The van der Waals surface area contributed by atoms with Crippen molar-refractivity contribution < 1.29 is 28.2 Å². The number of fused-ring (bicyclic) bond motifs is 1. The van der Waals surface area contributed by atoms with Crippen LogP contribution in [0, 0.1) is 0 Å². The lowest BCUT2D eigenvalue weighted by Crippen LogP contribution is -2.49. The van der Waals surface area contributed by atoms with Gasteiger partial charge in [0.2, 0.25) is 10.0 Å². The summed E-state index contributed by atoms with van der Waals surface area (Å²) >= 11 is 0. The van der Waals surface area contributed by atoms with Gasteiger partial charge in [0.1, 0.15) is 5.52 Å². The number of anilines is 1. The Hall–Kier alpha value is -3.49. The third-order valence-corrected chi connectivity index (χ3v) is 7.67. The molecule has 0 saturated carbocycles. The number of hydrogen-bond donors (Lipinski definition) is 5. The molecular formula is C25H36N6O7S. The van der Waals surface area contributed by atoms with Gasteiger partial charge in [-0.2, -0.15) is 9.97 Å². The summed E-state index contributed by atoms with van der Waals surface area (Å²) in [6.45, 7) is 5.73. The van der Waals surface area contributed by atoms with Crippen LogP contribution >= 0.6 is 0 Å². The number of nitrogen functional groups attached to an aromatic ring is 1. The zero-order valence-corrected chi connectivity index (χ0v) is 23.1. The van der Waals surface area contributed by atoms with Crippen molar-refractivity contribution in [3.8, 4) is 6.01 Å². The Morgan fingerprint density at radius 3 is 2.67 bits per heavy atom. The van der Waals surface area contributed by atoms with Crippen LogP contribution in [0.15, 0.2) is 34.0 Å². The molecule has 0 amide bonds. The second-order valence-electron chi connectivity index (χ2n) is 9.92. The zero-order chi connectivity index (χ0) is 28.8. The number of aliphatic hydroxyl groups is 1. The quantitative estimate of drug-likeness (QED) is 0.169. The van der Waals surface area contributed by atoms with E-state index in [2.05, 4.69) is 19.7 Å². The summed E-state index contributed by atoms with van der Waals surface area (Å²) in [6, 6.07) is 4.92. The van der Waals surface area contributed by atoms with Gasteiger partial charge in [-0.1, -0.05) is 25.5 Å². The van der Waals surface area contributed by atoms with Gasteiger partial charge in [-0.05, 0) is 57.2 Å². The van der Waals surface area contributed by atoms with E-state index in [4.69, 9.17) is 15.6 Å². The first-order valence-corrected chi connectivity index (χ1v) is 14.2.